The van der Waals surface area contributed by atoms with Gasteiger partial charge in [0.25, 0.3) is 11.8 Å². The Morgan fingerprint density at radius 1 is 0.893 bits per heavy atom. The van der Waals surface area contributed by atoms with Gasteiger partial charge in [0.2, 0.25) is 0 Å². The van der Waals surface area contributed by atoms with Crippen LogP contribution in [0.5, 0.6) is 11.5 Å². The third-order valence-corrected chi connectivity index (χ3v) is 5.55. The topological polar surface area (TPSA) is 59.1 Å². The molecule has 1 aliphatic rings. The molecule has 0 aliphatic carbocycles. The summed E-state index contributed by atoms with van der Waals surface area (Å²) in [6, 6.07) is 9.18. The van der Waals surface area contributed by atoms with Crippen molar-refractivity contribution in [3.8, 4) is 11.5 Å². The number of carbonyl (C=O) groups excluding carboxylic acids is 2. The molecule has 0 bridgehead atoms. The highest BCUT2D eigenvalue weighted by Crippen LogP contribution is 2.26. The van der Waals surface area contributed by atoms with Crippen LogP contribution in [-0.4, -0.2) is 62.0 Å². The first-order valence-corrected chi connectivity index (χ1v) is 9.78. The fraction of sp³-hybridized carbons (Fsp3) is 0.300. The summed E-state index contributed by atoms with van der Waals surface area (Å²) in [5, 5.41) is 0. The predicted octanol–water partition coefficient (Wildman–Crippen LogP) is 3.05. The Labute approximate surface area is 176 Å². The van der Waals surface area contributed by atoms with E-state index in [4.69, 9.17) is 9.47 Å². The third-order valence-electron chi connectivity index (χ3n) is 4.65. The number of carbonyl (C=O) groups is 2. The van der Waals surface area contributed by atoms with Gasteiger partial charge < -0.3 is 19.3 Å². The molecule has 148 valence electrons. The highest BCUT2D eigenvalue weighted by molar-refractivity contribution is 14.1. The highest BCUT2D eigenvalue weighted by atomic mass is 127. The van der Waals surface area contributed by atoms with E-state index < -0.39 is 0 Å². The summed E-state index contributed by atoms with van der Waals surface area (Å²) in [5.41, 5.74) is 0.926. The standard InChI is InChI=1S/C20H20FIN2O4/c1-27-14-4-6-16(18(12-14)28-2)20(26)24-9-7-23(8-10-24)19(25)15-5-3-13(21)11-17(15)22/h3-6,11-12H,7-10H2,1-2H3. The molecule has 1 aliphatic heterocycles. The molecule has 28 heavy (non-hydrogen) atoms. The number of rotatable bonds is 4. The summed E-state index contributed by atoms with van der Waals surface area (Å²) < 4.78 is 24.3. The van der Waals surface area contributed by atoms with Crippen LogP contribution in [0.3, 0.4) is 0 Å². The zero-order valence-electron chi connectivity index (χ0n) is 15.6. The van der Waals surface area contributed by atoms with E-state index in [9.17, 15) is 14.0 Å². The SMILES string of the molecule is COc1ccc(C(=O)N2CCN(C(=O)c3ccc(F)cc3I)CC2)c(OC)c1. The molecule has 1 saturated heterocycles. The van der Waals surface area contributed by atoms with E-state index in [-0.39, 0.29) is 17.6 Å². The van der Waals surface area contributed by atoms with Crippen molar-refractivity contribution in [2.24, 2.45) is 0 Å². The lowest BCUT2D eigenvalue weighted by Gasteiger charge is -2.35. The van der Waals surface area contributed by atoms with Gasteiger partial charge in [0.05, 0.1) is 25.3 Å². The van der Waals surface area contributed by atoms with Gasteiger partial charge in [-0.3, -0.25) is 9.59 Å². The second kappa shape index (κ2) is 8.76. The Balaban J connectivity index is 1.68. The number of methoxy groups -OCH3 is 2. The minimum absolute atomic E-state index is 0.150. The largest absolute Gasteiger partial charge is 0.497 e. The van der Waals surface area contributed by atoms with E-state index in [0.29, 0.717) is 52.4 Å². The molecule has 2 aromatic carbocycles. The van der Waals surface area contributed by atoms with Crippen molar-refractivity contribution in [2.75, 3.05) is 40.4 Å². The van der Waals surface area contributed by atoms with Crippen molar-refractivity contribution >= 4 is 34.4 Å². The fourth-order valence-electron chi connectivity index (χ4n) is 3.09. The maximum atomic E-state index is 13.3. The summed E-state index contributed by atoms with van der Waals surface area (Å²) >= 11 is 1.96. The Hall–Kier alpha value is -2.36. The van der Waals surface area contributed by atoms with Crippen molar-refractivity contribution in [2.45, 2.75) is 0 Å². The van der Waals surface area contributed by atoms with Crippen LogP contribution in [0.2, 0.25) is 0 Å². The normalized spacial score (nSPS) is 14.0. The van der Waals surface area contributed by atoms with E-state index in [1.165, 1.54) is 25.3 Å². The highest BCUT2D eigenvalue weighted by Gasteiger charge is 2.27. The summed E-state index contributed by atoms with van der Waals surface area (Å²) in [5.74, 6) is 0.382. The zero-order chi connectivity index (χ0) is 20.3. The molecular weight excluding hydrogens is 478 g/mol. The Morgan fingerprint density at radius 3 is 2.00 bits per heavy atom. The molecule has 2 aromatic rings. The molecule has 0 unspecified atom stereocenters. The monoisotopic (exact) mass is 498 g/mol. The molecule has 0 atom stereocenters. The first-order chi connectivity index (χ1) is 13.4. The Kier molecular flexibility index (Phi) is 6.38. The van der Waals surface area contributed by atoms with Crippen molar-refractivity contribution in [1.29, 1.82) is 0 Å². The van der Waals surface area contributed by atoms with E-state index in [1.54, 1.807) is 35.1 Å². The van der Waals surface area contributed by atoms with Gasteiger partial charge in [-0.05, 0) is 52.9 Å². The maximum Gasteiger partial charge on any atom is 0.257 e. The lowest BCUT2D eigenvalue weighted by atomic mass is 10.1. The van der Waals surface area contributed by atoms with E-state index in [0.717, 1.165) is 0 Å². The van der Waals surface area contributed by atoms with Gasteiger partial charge in [0, 0.05) is 35.8 Å². The van der Waals surface area contributed by atoms with Crippen LogP contribution in [-0.2, 0) is 0 Å². The molecule has 0 spiro atoms. The van der Waals surface area contributed by atoms with Crippen LogP contribution in [0, 0.1) is 9.39 Å². The van der Waals surface area contributed by atoms with Crippen LogP contribution in [0.1, 0.15) is 20.7 Å². The first kappa shape index (κ1) is 20.4. The number of hydrogen-bond acceptors (Lipinski definition) is 4. The molecule has 6 nitrogen and oxygen atoms in total. The minimum Gasteiger partial charge on any atom is -0.497 e. The van der Waals surface area contributed by atoms with Crippen LogP contribution in [0.25, 0.3) is 0 Å². The smallest absolute Gasteiger partial charge is 0.257 e. The number of nitrogens with zero attached hydrogens (tertiary/aromatic N) is 2. The average Bonchev–Trinajstić information content (AvgIpc) is 2.72. The second-order valence-electron chi connectivity index (χ2n) is 6.27. The van der Waals surface area contributed by atoms with Crippen LogP contribution >= 0.6 is 22.6 Å². The lowest BCUT2D eigenvalue weighted by Crippen LogP contribution is -2.50. The Morgan fingerprint density at radius 2 is 1.46 bits per heavy atom. The molecule has 0 aromatic heterocycles. The molecule has 1 heterocycles. The van der Waals surface area contributed by atoms with Crippen LogP contribution in [0.4, 0.5) is 4.39 Å². The molecule has 0 saturated carbocycles. The number of halogens is 2. The number of amides is 2. The average molecular weight is 498 g/mol. The molecule has 0 N–H and O–H groups in total. The number of hydrogen-bond donors (Lipinski definition) is 0. The van der Waals surface area contributed by atoms with E-state index in [1.807, 2.05) is 22.6 Å². The van der Waals surface area contributed by atoms with Gasteiger partial charge in [-0.2, -0.15) is 0 Å². The number of ether oxygens (including phenoxy) is 2. The van der Waals surface area contributed by atoms with Crippen molar-refractivity contribution in [3.05, 3.63) is 56.9 Å². The molecule has 8 heteroatoms. The van der Waals surface area contributed by atoms with Gasteiger partial charge in [-0.25, -0.2) is 4.39 Å². The van der Waals surface area contributed by atoms with E-state index >= 15 is 0 Å². The first-order valence-electron chi connectivity index (χ1n) is 8.70. The van der Waals surface area contributed by atoms with Crippen LogP contribution < -0.4 is 9.47 Å². The Bertz CT molecular complexity index is 898. The third kappa shape index (κ3) is 4.21. The van der Waals surface area contributed by atoms with Crippen molar-refractivity contribution in [3.63, 3.8) is 0 Å². The van der Waals surface area contributed by atoms with Gasteiger partial charge in [0.15, 0.2) is 0 Å². The van der Waals surface area contributed by atoms with E-state index in [2.05, 4.69) is 0 Å². The molecule has 3 rings (SSSR count). The maximum absolute atomic E-state index is 13.3. The van der Waals surface area contributed by atoms with Gasteiger partial charge in [-0.15, -0.1) is 0 Å². The molecular formula is C20H20FIN2O4. The molecule has 1 fully saturated rings. The summed E-state index contributed by atoms with van der Waals surface area (Å²) in [6.07, 6.45) is 0. The summed E-state index contributed by atoms with van der Waals surface area (Å²) in [6.45, 7) is 1.65. The summed E-state index contributed by atoms with van der Waals surface area (Å²) in [4.78, 5) is 29.0. The minimum atomic E-state index is -0.371. The summed E-state index contributed by atoms with van der Waals surface area (Å²) in [7, 11) is 3.06. The second-order valence-corrected chi connectivity index (χ2v) is 7.44. The number of benzene rings is 2. The zero-order valence-corrected chi connectivity index (χ0v) is 17.7. The van der Waals surface area contributed by atoms with Crippen molar-refractivity contribution < 1.29 is 23.5 Å². The van der Waals surface area contributed by atoms with Crippen LogP contribution in [0.15, 0.2) is 36.4 Å². The van der Waals surface area contributed by atoms with Crippen molar-refractivity contribution in [1.82, 2.24) is 9.80 Å². The van der Waals surface area contributed by atoms with Gasteiger partial charge >= 0.3 is 0 Å². The quantitative estimate of drug-likeness (QED) is 0.609. The molecule has 0 radical (unpaired) electrons. The lowest BCUT2D eigenvalue weighted by molar-refractivity contribution is 0.0533. The fourth-order valence-corrected chi connectivity index (χ4v) is 3.80. The predicted molar refractivity (Wildman–Crippen MR) is 110 cm³/mol. The molecule has 2 amide bonds. The number of piperazine rings is 1. The van der Waals surface area contributed by atoms with Gasteiger partial charge in [0.1, 0.15) is 17.3 Å². The van der Waals surface area contributed by atoms with Gasteiger partial charge in [-0.1, -0.05) is 0 Å².